The SMILES string of the molecule is COc1ccc(N(C)C(=O)Cc2c(C)n[nH]c2C)c(OC)c1. The first kappa shape index (κ1) is 15.9. The Morgan fingerprint density at radius 3 is 2.55 bits per heavy atom. The van der Waals surface area contributed by atoms with Crippen molar-refractivity contribution in [2.75, 3.05) is 26.2 Å². The number of amides is 1. The fourth-order valence-corrected chi connectivity index (χ4v) is 2.30. The molecule has 6 heteroatoms. The lowest BCUT2D eigenvalue weighted by molar-refractivity contribution is -0.117. The normalized spacial score (nSPS) is 10.4. The molecule has 0 aliphatic rings. The lowest BCUT2D eigenvalue weighted by Gasteiger charge is -2.20. The first-order valence-corrected chi connectivity index (χ1v) is 6.97. The molecule has 6 nitrogen and oxygen atoms in total. The summed E-state index contributed by atoms with van der Waals surface area (Å²) < 4.78 is 10.5. The summed E-state index contributed by atoms with van der Waals surface area (Å²) in [7, 11) is 4.89. The van der Waals surface area contributed by atoms with E-state index in [0.29, 0.717) is 23.6 Å². The fourth-order valence-electron chi connectivity index (χ4n) is 2.30. The van der Waals surface area contributed by atoms with Gasteiger partial charge in [0.15, 0.2) is 0 Å². The summed E-state index contributed by atoms with van der Waals surface area (Å²) in [6.45, 7) is 3.80. The second-order valence-corrected chi connectivity index (χ2v) is 5.08. The topological polar surface area (TPSA) is 67.5 Å². The maximum Gasteiger partial charge on any atom is 0.231 e. The molecule has 1 heterocycles. The van der Waals surface area contributed by atoms with E-state index in [0.717, 1.165) is 17.0 Å². The van der Waals surface area contributed by atoms with Crippen LogP contribution in [0.4, 0.5) is 5.69 Å². The molecule has 0 saturated heterocycles. The maximum atomic E-state index is 12.5. The summed E-state index contributed by atoms with van der Waals surface area (Å²) in [6.07, 6.45) is 0.292. The molecule has 0 aliphatic heterocycles. The largest absolute Gasteiger partial charge is 0.497 e. The zero-order valence-corrected chi connectivity index (χ0v) is 13.6. The van der Waals surface area contributed by atoms with Crippen LogP contribution in [0, 0.1) is 13.8 Å². The molecule has 118 valence electrons. The Morgan fingerprint density at radius 2 is 2.00 bits per heavy atom. The highest BCUT2D eigenvalue weighted by Gasteiger charge is 2.19. The Bertz CT molecular complexity index is 660. The minimum absolute atomic E-state index is 0.0314. The van der Waals surface area contributed by atoms with E-state index < -0.39 is 0 Å². The Morgan fingerprint density at radius 1 is 1.27 bits per heavy atom. The van der Waals surface area contributed by atoms with Crippen LogP contribution >= 0.6 is 0 Å². The number of aromatic nitrogens is 2. The van der Waals surface area contributed by atoms with Crippen LogP contribution in [0.1, 0.15) is 17.0 Å². The van der Waals surface area contributed by atoms with Crippen molar-refractivity contribution in [1.82, 2.24) is 10.2 Å². The predicted molar refractivity (Wildman–Crippen MR) is 84.7 cm³/mol. The highest BCUT2D eigenvalue weighted by atomic mass is 16.5. The van der Waals surface area contributed by atoms with Crippen LogP contribution in [-0.2, 0) is 11.2 Å². The van der Waals surface area contributed by atoms with E-state index in [9.17, 15) is 4.79 Å². The Labute approximate surface area is 130 Å². The molecule has 22 heavy (non-hydrogen) atoms. The van der Waals surface area contributed by atoms with Crippen molar-refractivity contribution < 1.29 is 14.3 Å². The van der Waals surface area contributed by atoms with Crippen LogP contribution in [0.5, 0.6) is 11.5 Å². The van der Waals surface area contributed by atoms with Gasteiger partial charge in [0.1, 0.15) is 11.5 Å². The number of ether oxygens (including phenoxy) is 2. The predicted octanol–water partition coefficient (Wildman–Crippen LogP) is 2.25. The third kappa shape index (κ3) is 3.05. The second kappa shape index (κ2) is 6.51. The van der Waals surface area contributed by atoms with Crippen molar-refractivity contribution in [2.45, 2.75) is 20.3 Å². The number of hydrogen-bond donors (Lipinski definition) is 1. The van der Waals surface area contributed by atoms with E-state index in [2.05, 4.69) is 10.2 Å². The van der Waals surface area contributed by atoms with Crippen molar-refractivity contribution in [3.8, 4) is 11.5 Å². The van der Waals surface area contributed by atoms with Gasteiger partial charge >= 0.3 is 0 Å². The Hall–Kier alpha value is -2.50. The summed E-state index contributed by atoms with van der Waals surface area (Å²) in [5, 5.41) is 7.02. The zero-order chi connectivity index (χ0) is 16.3. The molecule has 0 fully saturated rings. The molecule has 0 atom stereocenters. The minimum Gasteiger partial charge on any atom is -0.497 e. The van der Waals surface area contributed by atoms with Crippen molar-refractivity contribution in [1.29, 1.82) is 0 Å². The van der Waals surface area contributed by atoms with Gasteiger partial charge in [-0.1, -0.05) is 0 Å². The lowest BCUT2D eigenvalue weighted by Crippen LogP contribution is -2.28. The molecule has 2 rings (SSSR count). The highest BCUT2D eigenvalue weighted by molar-refractivity contribution is 5.96. The molecular formula is C16H21N3O3. The number of anilines is 1. The number of rotatable bonds is 5. The molecule has 0 radical (unpaired) electrons. The summed E-state index contributed by atoms with van der Waals surface area (Å²) in [6, 6.07) is 5.37. The van der Waals surface area contributed by atoms with Crippen LogP contribution in [0.3, 0.4) is 0 Å². The first-order valence-electron chi connectivity index (χ1n) is 6.97. The number of aryl methyl sites for hydroxylation is 2. The maximum absolute atomic E-state index is 12.5. The van der Waals surface area contributed by atoms with Gasteiger partial charge in [0.25, 0.3) is 0 Å². The van der Waals surface area contributed by atoms with Gasteiger partial charge in [-0.2, -0.15) is 5.10 Å². The van der Waals surface area contributed by atoms with E-state index in [1.165, 1.54) is 0 Å². The molecule has 1 N–H and O–H groups in total. The molecule has 1 amide bonds. The van der Waals surface area contributed by atoms with Gasteiger partial charge in [0.05, 0.1) is 32.0 Å². The number of likely N-dealkylation sites (N-methyl/N-ethyl adjacent to an activating group) is 1. The number of H-pyrrole nitrogens is 1. The van der Waals surface area contributed by atoms with Crippen LogP contribution in [-0.4, -0.2) is 37.4 Å². The number of nitrogens with zero attached hydrogens (tertiary/aromatic N) is 2. The fraction of sp³-hybridized carbons (Fsp3) is 0.375. The van der Waals surface area contributed by atoms with Crippen molar-refractivity contribution >= 4 is 11.6 Å². The van der Waals surface area contributed by atoms with E-state index in [-0.39, 0.29) is 5.91 Å². The average Bonchev–Trinajstić information content (AvgIpc) is 2.85. The lowest BCUT2D eigenvalue weighted by atomic mass is 10.1. The smallest absolute Gasteiger partial charge is 0.231 e. The average molecular weight is 303 g/mol. The third-order valence-electron chi connectivity index (χ3n) is 3.73. The van der Waals surface area contributed by atoms with Gasteiger partial charge in [-0.25, -0.2) is 0 Å². The Kier molecular flexibility index (Phi) is 4.70. The van der Waals surface area contributed by atoms with Crippen LogP contribution < -0.4 is 14.4 Å². The summed E-state index contributed by atoms with van der Waals surface area (Å²) in [5.74, 6) is 1.25. The summed E-state index contributed by atoms with van der Waals surface area (Å²) in [5.41, 5.74) is 3.40. The van der Waals surface area contributed by atoms with Gasteiger partial charge < -0.3 is 14.4 Å². The molecule has 1 aromatic carbocycles. The number of carbonyl (C=O) groups is 1. The monoisotopic (exact) mass is 303 g/mol. The van der Waals surface area contributed by atoms with Gasteiger partial charge in [-0.15, -0.1) is 0 Å². The quantitative estimate of drug-likeness (QED) is 0.920. The minimum atomic E-state index is -0.0314. The molecule has 0 bridgehead atoms. The van der Waals surface area contributed by atoms with Crippen LogP contribution in [0.2, 0.25) is 0 Å². The third-order valence-corrected chi connectivity index (χ3v) is 3.73. The number of benzene rings is 1. The van der Waals surface area contributed by atoms with Crippen molar-refractivity contribution in [3.63, 3.8) is 0 Å². The highest BCUT2D eigenvalue weighted by Crippen LogP contribution is 2.32. The molecule has 0 aliphatic carbocycles. The van der Waals surface area contributed by atoms with Gasteiger partial charge in [-0.3, -0.25) is 9.89 Å². The molecular weight excluding hydrogens is 282 g/mol. The molecule has 1 aromatic heterocycles. The molecule has 0 saturated carbocycles. The summed E-state index contributed by atoms with van der Waals surface area (Å²) >= 11 is 0. The molecule has 0 spiro atoms. The molecule has 2 aromatic rings. The number of methoxy groups -OCH3 is 2. The first-order chi connectivity index (χ1) is 10.5. The Balaban J connectivity index is 2.24. The number of aromatic amines is 1. The van der Waals surface area contributed by atoms with Crippen LogP contribution in [0.15, 0.2) is 18.2 Å². The second-order valence-electron chi connectivity index (χ2n) is 5.08. The number of hydrogen-bond acceptors (Lipinski definition) is 4. The molecule has 0 unspecified atom stereocenters. The zero-order valence-electron chi connectivity index (χ0n) is 13.6. The van der Waals surface area contributed by atoms with Crippen molar-refractivity contribution in [3.05, 3.63) is 35.2 Å². The number of nitrogens with one attached hydrogen (secondary N) is 1. The van der Waals surface area contributed by atoms with E-state index >= 15 is 0 Å². The number of carbonyl (C=O) groups excluding carboxylic acids is 1. The van der Waals surface area contributed by atoms with E-state index in [1.807, 2.05) is 19.9 Å². The van der Waals surface area contributed by atoms with Gasteiger partial charge in [0.2, 0.25) is 5.91 Å². The van der Waals surface area contributed by atoms with E-state index in [4.69, 9.17) is 9.47 Å². The van der Waals surface area contributed by atoms with Crippen molar-refractivity contribution in [2.24, 2.45) is 0 Å². The van der Waals surface area contributed by atoms with Crippen LogP contribution in [0.25, 0.3) is 0 Å². The van der Waals surface area contributed by atoms with E-state index in [1.54, 1.807) is 38.3 Å². The van der Waals surface area contributed by atoms with Gasteiger partial charge in [0, 0.05) is 24.4 Å². The summed E-state index contributed by atoms with van der Waals surface area (Å²) in [4.78, 5) is 14.1. The standard InChI is InChI=1S/C16H21N3O3/c1-10-13(11(2)18-17-10)9-16(20)19(3)14-7-6-12(21-4)8-15(14)22-5/h6-8H,9H2,1-5H3,(H,17,18). The van der Waals surface area contributed by atoms with Gasteiger partial charge in [-0.05, 0) is 26.0 Å².